The molecule has 0 radical (unpaired) electrons. The van der Waals surface area contributed by atoms with Gasteiger partial charge in [0.05, 0.1) is 13.2 Å². The minimum atomic E-state index is -0.409. The fourth-order valence-corrected chi connectivity index (χ4v) is 4.85. The van der Waals surface area contributed by atoms with Crippen LogP contribution in [0.1, 0.15) is 36.8 Å². The summed E-state index contributed by atoms with van der Waals surface area (Å²) >= 11 is 0. The summed E-state index contributed by atoms with van der Waals surface area (Å²) in [5, 5.41) is 6.34. The molecule has 1 aliphatic carbocycles. The Labute approximate surface area is 188 Å². The molecule has 7 nitrogen and oxygen atoms in total. The molecule has 1 saturated heterocycles. The van der Waals surface area contributed by atoms with E-state index in [1.807, 2.05) is 4.90 Å². The van der Waals surface area contributed by atoms with E-state index < -0.39 is 5.43 Å². The van der Waals surface area contributed by atoms with Gasteiger partial charge < -0.3 is 20.3 Å². The number of hydrogen-bond acceptors (Lipinski definition) is 6. The minimum absolute atomic E-state index is 0.0683. The van der Waals surface area contributed by atoms with Crippen LogP contribution >= 0.6 is 0 Å². The average molecular weight is 440 g/mol. The molecule has 172 valence electrons. The highest BCUT2D eigenvalue weighted by Crippen LogP contribution is 2.30. The number of aryl methyl sites for hydroxylation is 1. The topological polar surface area (TPSA) is 87.7 Å². The number of morpholine rings is 1. The van der Waals surface area contributed by atoms with Crippen molar-refractivity contribution in [3.8, 4) is 0 Å². The van der Waals surface area contributed by atoms with Gasteiger partial charge in [0, 0.05) is 32.1 Å². The molecule has 7 heteroatoms. The van der Waals surface area contributed by atoms with Crippen molar-refractivity contribution in [2.75, 3.05) is 49.6 Å². The van der Waals surface area contributed by atoms with Crippen molar-refractivity contribution in [2.45, 2.75) is 39.0 Å². The Morgan fingerprint density at radius 2 is 1.84 bits per heavy atom. The van der Waals surface area contributed by atoms with Gasteiger partial charge in [-0.05, 0) is 50.5 Å². The van der Waals surface area contributed by atoms with E-state index >= 15 is 0 Å². The SMILES string of the molecule is Cc1cccc(CCNC(=O)C2CCC(CNc3c(N4CCOCC4)c(=O)c3=O)CC2)c1. The summed E-state index contributed by atoms with van der Waals surface area (Å²) in [6, 6.07) is 8.38. The Hall–Kier alpha value is -2.67. The molecule has 2 fully saturated rings. The number of carbonyl (C=O) groups excluding carboxylic acids is 1. The van der Waals surface area contributed by atoms with Crippen molar-refractivity contribution < 1.29 is 9.53 Å². The van der Waals surface area contributed by atoms with Crippen LogP contribution in [0, 0.1) is 18.8 Å². The fourth-order valence-electron chi connectivity index (χ4n) is 4.85. The van der Waals surface area contributed by atoms with Crippen molar-refractivity contribution in [1.29, 1.82) is 0 Å². The first-order chi connectivity index (χ1) is 15.5. The second kappa shape index (κ2) is 10.3. The number of ether oxygens (including phenoxy) is 1. The number of rotatable bonds is 8. The largest absolute Gasteiger partial charge is 0.380 e. The molecular formula is C25H33N3O4. The highest BCUT2D eigenvalue weighted by Gasteiger charge is 2.29. The van der Waals surface area contributed by atoms with E-state index in [0.717, 1.165) is 32.1 Å². The van der Waals surface area contributed by atoms with E-state index in [-0.39, 0.29) is 17.3 Å². The highest BCUT2D eigenvalue weighted by atomic mass is 16.5. The van der Waals surface area contributed by atoms with Crippen molar-refractivity contribution in [2.24, 2.45) is 11.8 Å². The Morgan fingerprint density at radius 3 is 2.56 bits per heavy atom. The van der Waals surface area contributed by atoms with Gasteiger partial charge in [0.15, 0.2) is 0 Å². The smallest absolute Gasteiger partial charge is 0.253 e. The third-order valence-electron chi connectivity index (χ3n) is 6.79. The van der Waals surface area contributed by atoms with E-state index in [2.05, 4.69) is 41.8 Å². The van der Waals surface area contributed by atoms with Crippen LogP contribution < -0.4 is 26.4 Å². The van der Waals surface area contributed by atoms with E-state index in [4.69, 9.17) is 4.74 Å². The van der Waals surface area contributed by atoms with Gasteiger partial charge in [0.1, 0.15) is 11.4 Å². The third-order valence-corrected chi connectivity index (χ3v) is 6.79. The predicted molar refractivity (Wildman–Crippen MR) is 126 cm³/mol. The van der Waals surface area contributed by atoms with Crippen LogP contribution in [0.25, 0.3) is 0 Å². The molecule has 1 amide bonds. The number of carbonyl (C=O) groups is 1. The number of nitrogens with zero attached hydrogens (tertiary/aromatic N) is 1. The summed E-state index contributed by atoms with van der Waals surface area (Å²) in [6.45, 7) is 5.86. The van der Waals surface area contributed by atoms with Gasteiger partial charge in [-0.2, -0.15) is 0 Å². The lowest BCUT2D eigenvalue weighted by Gasteiger charge is -2.32. The summed E-state index contributed by atoms with van der Waals surface area (Å²) in [4.78, 5) is 38.6. The van der Waals surface area contributed by atoms with E-state index in [1.54, 1.807) is 0 Å². The molecule has 4 rings (SSSR count). The Kier molecular flexibility index (Phi) is 7.25. The van der Waals surface area contributed by atoms with Gasteiger partial charge in [-0.25, -0.2) is 0 Å². The van der Waals surface area contributed by atoms with Crippen molar-refractivity contribution >= 4 is 17.3 Å². The third kappa shape index (κ3) is 5.21. The van der Waals surface area contributed by atoms with Crippen molar-refractivity contribution in [3.05, 3.63) is 55.8 Å². The maximum atomic E-state index is 12.5. The van der Waals surface area contributed by atoms with Crippen LogP contribution in [-0.4, -0.2) is 45.3 Å². The summed E-state index contributed by atoms with van der Waals surface area (Å²) in [6.07, 6.45) is 4.48. The number of amides is 1. The fraction of sp³-hybridized carbons (Fsp3) is 0.560. The maximum Gasteiger partial charge on any atom is 0.253 e. The Morgan fingerprint density at radius 1 is 1.09 bits per heavy atom. The van der Waals surface area contributed by atoms with Crippen molar-refractivity contribution in [1.82, 2.24) is 5.32 Å². The van der Waals surface area contributed by atoms with Crippen LogP contribution in [0.15, 0.2) is 33.9 Å². The molecule has 0 spiro atoms. The molecular weight excluding hydrogens is 406 g/mol. The van der Waals surface area contributed by atoms with Crippen LogP contribution in [-0.2, 0) is 16.0 Å². The lowest BCUT2D eigenvalue weighted by Crippen LogP contribution is -2.47. The van der Waals surface area contributed by atoms with E-state index in [0.29, 0.717) is 56.7 Å². The molecule has 2 aromatic rings. The molecule has 0 aromatic heterocycles. The molecule has 2 aliphatic rings. The van der Waals surface area contributed by atoms with Gasteiger partial charge in [-0.3, -0.25) is 14.4 Å². The number of benzene rings is 1. The van der Waals surface area contributed by atoms with Gasteiger partial charge in [-0.1, -0.05) is 29.8 Å². The zero-order valence-corrected chi connectivity index (χ0v) is 18.8. The molecule has 1 aliphatic heterocycles. The molecule has 0 bridgehead atoms. The zero-order valence-electron chi connectivity index (χ0n) is 18.8. The normalized spacial score (nSPS) is 21.5. The number of nitrogens with one attached hydrogen (secondary N) is 2. The molecule has 1 saturated carbocycles. The lowest BCUT2D eigenvalue weighted by atomic mass is 9.81. The van der Waals surface area contributed by atoms with E-state index in [9.17, 15) is 14.4 Å². The maximum absolute atomic E-state index is 12.5. The minimum Gasteiger partial charge on any atom is -0.380 e. The summed E-state index contributed by atoms with van der Waals surface area (Å²) in [7, 11) is 0. The molecule has 0 atom stereocenters. The first kappa shape index (κ1) is 22.5. The Balaban J connectivity index is 1.19. The van der Waals surface area contributed by atoms with Crippen molar-refractivity contribution in [3.63, 3.8) is 0 Å². The van der Waals surface area contributed by atoms with Gasteiger partial charge >= 0.3 is 0 Å². The Bertz CT molecular complexity index is 997. The van der Waals surface area contributed by atoms with Crippen LogP contribution in [0.5, 0.6) is 0 Å². The second-order valence-corrected chi connectivity index (χ2v) is 9.11. The molecule has 1 heterocycles. The lowest BCUT2D eigenvalue weighted by molar-refractivity contribution is -0.126. The van der Waals surface area contributed by atoms with Crippen LogP contribution in [0.3, 0.4) is 0 Å². The van der Waals surface area contributed by atoms with Gasteiger partial charge in [0.25, 0.3) is 10.9 Å². The summed E-state index contributed by atoms with van der Waals surface area (Å²) in [5.41, 5.74) is 2.68. The number of hydrogen-bond donors (Lipinski definition) is 2. The van der Waals surface area contributed by atoms with E-state index in [1.165, 1.54) is 11.1 Å². The van der Waals surface area contributed by atoms with Gasteiger partial charge in [-0.15, -0.1) is 0 Å². The molecule has 2 aromatic carbocycles. The molecule has 0 unspecified atom stereocenters. The molecule has 32 heavy (non-hydrogen) atoms. The molecule has 2 N–H and O–H groups in total. The first-order valence-corrected chi connectivity index (χ1v) is 11.8. The first-order valence-electron chi connectivity index (χ1n) is 11.8. The summed E-state index contributed by atoms with van der Waals surface area (Å²) < 4.78 is 5.34. The standard InChI is InChI=1S/C25H33N3O4/c1-17-3-2-4-18(15-17)9-10-26-25(31)20-7-5-19(6-8-20)16-27-21-22(24(30)23(21)29)28-11-13-32-14-12-28/h2-4,15,19-20,27H,5-14,16H2,1H3,(H,26,31). The summed E-state index contributed by atoms with van der Waals surface area (Å²) in [5.74, 6) is 0.633. The highest BCUT2D eigenvalue weighted by molar-refractivity contribution is 5.78. The van der Waals surface area contributed by atoms with Crippen LogP contribution in [0.2, 0.25) is 0 Å². The van der Waals surface area contributed by atoms with Gasteiger partial charge in [0.2, 0.25) is 5.91 Å². The number of anilines is 2. The quantitative estimate of drug-likeness (QED) is 0.612. The predicted octanol–water partition coefficient (Wildman–Crippen LogP) is 2.00. The zero-order chi connectivity index (χ0) is 22.5. The van der Waals surface area contributed by atoms with Crippen LogP contribution in [0.4, 0.5) is 11.4 Å². The average Bonchev–Trinajstić information content (AvgIpc) is 2.82. The monoisotopic (exact) mass is 439 g/mol. The second-order valence-electron chi connectivity index (χ2n) is 9.11.